The van der Waals surface area contributed by atoms with E-state index in [1.54, 1.807) is 6.07 Å². The lowest BCUT2D eigenvalue weighted by Crippen LogP contribution is -2.39. The highest BCUT2D eigenvalue weighted by atomic mass is 19.1. The van der Waals surface area contributed by atoms with Crippen LogP contribution < -0.4 is 5.73 Å². The van der Waals surface area contributed by atoms with Gasteiger partial charge in [0.1, 0.15) is 23.3 Å². The number of benzene rings is 1. The molecule has 1 amide bonds. The second kappa shape index (κ2) is 6.09. The molecule has 0 radical (unpaired) electrons. The Hall–Kier alpha value is -2.41. The molecule has 7 heteroatoms. The van der Waals surface area contributed by atoms with Crippen LogP contribution >= 0.6 is 0 Å². The van der Waals surface area contributed by atoms with Gasteiger partial charge in [-0.3, -0.25) is 4.79 Å². The molecule has 1 aromatic carbocycles. The number of nitrogens with two attached hydrogens (primary N) is 1. The van der Waals surface area contributed by atoms with Crippen LogP contribution in [0.4, 0.5) is 8.78 Å². The first-order valence-corrected chi connectivity index (χ1v) is 8.75. The Balaban J connectivity index is 1.75. The fourth-order valence-corrected chi connectivity index (χ4v) is 4.20. The van der Waals surface area contributed by atoms with Crippen LogP contribution in [0.15, 0.2) is 24.3 Å². The molecule has 1 heterocycles. The van der Waals surface area contributed by atoms with Gasteiger partial charge in [-0.05, 0) is 55.4 Å². The van der Waals surface area contributed by atoms with Crippen LogP contribution in [0.2, 0.25) is 0 Å². The molecule has 2 aliphatic rings. The molecule has 0 aliphatic heterocycles. The van der Waals surface area contributed by atoms with Crippen LogP contribution in [0.5, 0.6) is 0 Å². The van der Waals surface area contributed by atoms with Gasteiger partial charge in [-0.1, -0.05) is 13.0 Å². The number of carbonyl (C=O) groups is 1. The molecular formula is C19H19F2N3O2. The van der Waals surface area contributed by atoms with Crippen molar-refractivity contribution >= 4 is 5.91 Å². The number of rotatable bonds is 5. The van der Waals surface area contributed by atoms with E-state index in [0.717, 1.165) is 18.4 Å². The quantitative estimate of drug-likeness (QED) is 0.889. The summed E-state index contributed by atoms with van der Waals surface area (Å²) < 4.78 is 34.2. The normalized spacial score (nSPS) is 24.5. The zero-order valence-electron chi connectivity index (χ0n) is 14.3. The summed E-state index contributed by atoms with van der Waals surface area (Å²) in [5, 5.41) is 8.32. The predicted octanol–water partition coefficient (Wildman–Crippen LogP) is 3.18. The number of carbonyl (C=O) groups excluding carboxylic acids is 1. The lowest BCUT2D eigenvalue weighted by molar-refractivity contribution is -0.146. The first-order chi connectivity index (χ1) is 12.4. The summed E-state index contributed by atoms with van der Waals surface area (Å²) in [6.45, 7) is 1.84. The van der Waals surface area contributed by atoms with Gasteiger partial charge in [0.25, 0.3) is 0 Å². The van der Waals surface area contributed by atoms with Gasteiger partial charge in [-0.25, -0.2) is 8.78 Å². The van der Waals surface area contributed by atoms with Gasteiger partial charge in [0.15, 0.2) is 0 Å². The largest absolute Gasteiger partial charge is 0.367 e. The van der Waals surface area contributed by atoms with Gasteiger partial charge < -0.3 is 10.5 Å². The Morgan fingerprint density at radius 2 is 2.12 bits per heavy atom. The van der Waals surface area contributed by atoms with E-state index in [9.17, 15) is 13.6 Å². The minimum Gasteiger partial charge on any atom is -0.367 e. The highest BCUT2D eigenvalue weighted by molar-refractivity contribution is 5.78. The van der Waals surface area contributed by atoms with E-state index in [1.165, 1.54) is 18.2 Å². The van der Waals surface area contributed by atoms with Gasteiger partial charge in [0.05, 0.1) is 17.0 Å². The Morgan fingerprint density at radius 3 is 2.77 bits per heavy atom. The smallest absolute Gasteiger partial charge is 0.246 e. The molecule has 2 aliphatic carbocycles. The topological polar surface area (TPSA) is 78.1 Å². The molecule has 2 aromatic rings. The van der Waals surface area contributed by atoms with Gasteiger partial charge in [-0.2, -0.15) is 5.10 Å². The maximum Gasteiger partial charge on any atom is 0.246 e. The van der Waals surface area contributed by atoms with Crippen molar-refractivity contribution in [2.24, 2.45) is 5.73 Å². The average Bonchev–Trinajstić information content (AvgIpc) is 3.16. The van der Waals surface area contributed by atoms with Crippen LogP contribution in [-0.4, -0.2) is 22.2 Å². The maximum absolute atomic E-state index is 14.1. The van der Waals surface area contributed by atoms with Crippen molar-refractivity contribution in [3.63, 3.8) is 0 Å². The molecule has 2 bridgehead atoms. The molecule has 2 N–H and O–H groups in total. The van der Waals surface area contributed by atoms with E-state index < -0.39 is 29.2 Å². The molecule has 0 unspecified atom stereocenters. The number of nitrogens with zero attached hydrogens (tertiary/aromatic N) is 2. The number of primary amides is 1. The lowest BCUT2D eigenvalue weighted by atomic mass is 9.92. The highest BCUT2D eigenvalue weighted by Crippen LogP contribution is 2.57. The minimum atomic E-state index is -0.690. The molecule has 26 heavy (non-hydrogen) atoms. The van der Waals surface area contributed by atoms with Crippen molar-refractivity contribution in [1.82, 2.24) is 10.2 Å². The van der Waals surface area contributed by atoms with Crippen LogP contribution in [0.1, 0.15) is 49.8 Å². The van der Waals surface area contributed by atoms with Gasteiger partial charge in [-0.15, -0.1) is 5.10 Å². The third kappa shape index (κ3) is 2.49. The Bertz CT molecular complexity index is 869. The zero-order valence-corrected chi connectivity index (χ0v) is 14.3. The second-order valence-corrected chi connectivity index (χ2v) is 6.98. The van der Waals surface area contributed by atoms with Crippen LogP contribution in [-0.2, 0) is 15.1 Å². The van der Waals surface area contributed by atoms with Crippen molar-refractivity contribution in [2.75, 3.05) is 0 Å². The van der Waals surface area contributed by atoms with E-state index in [0.29, 0.717) is 18.5 Å². The lowest BCUT2D eigenvalue weighted by Gasteiger charge is -2.31. The van der Waals surface area contributed by atoms with Crippen LogP contribution in [0.25, 0.3) is 11.3 Å². The summed E-state index contributed by atoms with van der Waals surface area (Å²) in [6.07, 6.45) is 2.07. The molecule has 3 atom stereocenters. The fraction of sp³-hybridized carbons (Fsp3) is 0.421. The standard InChI is InChI=1S/C19H19F2N3O2/c1-2-15(18(22)25)26-19-7-6-10(9-19)11-8-14(23-24-17(11)19)16-12(20)4-3-5-13(16)21/h3-5,8,10,15H,2,6-7,9H2,1H3,(H2,22,25)/t10-,15-,19-/m1/s1. The molecule has 1 fully saturated rings. The number of hydrogen-bond donors (Lipinski definition) is 1. The summed E-state index contributed by atoms with van der Waals surface area (Å²) in [5.41, 5.74) is 6.28. The predicted molar refractivity (Wildman–Crippen MR) is 90.0 cm³/mol. The van der Waals surface area contributed by atoms with E-state index in [-0.39, 0.29) is 17.2 Å². The Labute approximate surface area is 149 Å². The molecule has 1 aromatic heterocycles. The van der Waals surface area contributed by atoms with E-state index in [1.807, 2.05) is 6.92 Å². The van der Waals surface area contributed by atoms with Crippen LogP contribution in [0, 0.1) is 11.6 Å². The summed E-state index contributed by atoms with van der Waals surface area (Å²) in [5.74, 6) is -1.67. The average molecular weight is 359 g/mol. The number of hydrogen-bond acceptors (Lipinski definition) is 4. The van der Waals surface area contributed by atoms with Crippen molar-refractivity contribution in [3.8, 4) is 11.3 Å². The summed E-state index contributed by atoms with van der Waals surface area (Å²) in [6, 6.07) is 5.41. The number of ether oxygens (including phenoxy) is 1. The van der Waals surface area contributed by atoms with Crippen molar-refractivity contribution in [3.05, 3.63) is 47.2 Å². The van der Waals surface area contributed by atoms with E-state index in [4.69, 9.17) is 10.5 Å². The summed E-state index contributed by atoms with van der Waals surface area (Å²) >= 11 is 0. The fourth-order valence-electron chi connectivity index (χ4n) is 4.20. The first kappa shape index (κ1) is 17.0. The SMILES string of the molecule is CC[C@@H](O[C@]12CC[C@H](C1)c1cc(-c3c(F)cccc3F)nnc12)C(N)=O. The molecular weight excluding hydrogens is 340 g/mol. The number of amides is 1. The minimum absolute atomic E-state index is 0.170. The summed E-state index contributed by atoms with van der Waals surface area (Å²) in [7, 11) is 0. The number of fused-ring (bicyclic) bond motifs is 5. The third-order valence-corrected chi connectivity index (χ3v) is 5.44. The summed E-state index contributed by atoms with van der Waals surface area (Å²) in [4.78, 5) is 11.6. The maximum atomic E-state index is 14.1. The second-order valence-electron chi connectivity index (χ2n) is 6.98. The Kier molecular flexibility index (Phi) is 3.99. The van der Waals surface area contributed by atoms with Crippen molar-refractivity contribution < 1.29 is 18.3 Å². The van der Waals surface area contributed by atoms with Crippen molar-refractivity contribution in [1.29, 1.82) is 0 Å². The first-order valence-electron chi connectivity index (χ1n) is 8.75. The number of aromatic nitrogens is 2. The zero-order chi connectivity index (χ0) is 18.5. The third-order valence-electron chi connectivity index (χ3n) is 5.44. The van der Waals surface area contributed by atoms with E-state index in [2.05, 4.69) is 10.2 Å². The van der Waals surface area contributed by atoms with E-state index >= 15 is 0 Å². The van der Waals surface area contributed by atoms with Crippen LogP contribution in [0.3, 0.4) is 0 Å². The van der Waals surface area contributed by atoms with Gasteiger partial charge in [0, 0.05) is 0 Å². The van der Waals surface area contributed by atoms with Gasteiger partial charge >= 0.3 is 0 Å². The van der Waals surface area contributed by atoms with Crippen molar-refractivity contribution in [2.45, 2.75) is 50.2 Å². The Morgan fingerprint density at radius 1 is 1.38 bits per heavy atom. The number of halogens is 2. The monoisotopic (exact) mass is 359 g/mol. The molecule has 136 valence electrons. The molecule has 0 saturated heterocycles. The van der Waals surface area contributed by atoms with Gasteiger partial charge in [0.2, 0.25) is 5.91 Å². The molecule has 0 spiro atoms. The molecule has 1 saturated carbocycles. The highest BCUT2D eigenvalue weighted by Gasteiger charge is 2.53. The molecule has 4 rings (SSSR count). The molecule has 5 nitrogen and oxygen atoms in total.